The Kier molecular flexibility index (Phi) is 6.42. The quantitative estimate of drug-likeness (QED) is 0.548. The van der Waals surface area contributed by atoms with Gasteiger partial charge in [0.05, 0.1) is 6.61 Å². The molecule has 0 unspecified atom stereocenters. The number of halogens is 1. The van der Waals surface area contributed by atoms with Crippen molar-refractivity contribution in [2.75, 3.05) is 13.2 Å². The standard InChI is InChI=1S/C18H28FNO3/c1-13(2)15(10-14(3)19)22-12-18(8-7-9-18)11-20-16(21)23-17(4,5)6/h10H,1,3,7-9,11-12H2,2,4-6H3,(H,20,21)/b15-10+. The molecule has 0 aliphatic heterocycles. The molecule has 0 spiro atoms. The van der Waals surface area contributed by atoms with Crippen LogP contribution in [0.3, 0.4) is 0 Å². The molecule has 1 N–H and O–H groups in total. The molecule has 1 amide bonds. The molecule has 0 bridgehead atoms. The summed E-state index contributed by atoms with van der Waals surface area (Å²) < 4.78 is 23.9. The van der Waals surface area contributed by atoms with Gasteiger partial charge in [0.15, 0.2) is 0 Å². The molecule has 1 rings (SSSR count). The summed E-state index contributed by atoms with van der Waals surface area (Å²) in [5, 5.41) is 2.80. The fourth-order valence-electron chi connectivity index (χ4n) is 2.28. The maximum atomic E-state index is 13.0. The molecule has 0 heterocycles. The summed E-state index contributed by atoms with van der Waals surface area (Å²) in [5.74, 6) is -0.182. The van der Waals surface area contributed by atoms with Crippen LogP contribution in [0.15, 0.2) is 36.4 Å². The predicted molar refractivity (Wildman–Crippen MR) is 89.6 cm³/mol. The van der Waals surface area contributed by atoms with Crippen molar-refractivity contribution >= 4 is 6.09 Å². The molecule has 0 aromatic heterocycles. The van der Waals surface area contributed by atoms with Gasteiger partial charge in [0, 0.05) is 18.0 Å². The molecule has 0 radical (unpaired) electrons. The van der Waals surface area contributed by atoms with Crippen LogP contribution in [0.5, 0.6) is 0 Å². The van der Waals surface area contributed by atoms with Crippen molar-refractivity contribution in [3.8, 4) is 0 Å². The highest BCUT2D eigenvalue weighted by atomic mass is 19.1. The smallest absolute Gasteiger partial charge is 0.407 e. The minimum Gasteiger partial charge on any atom is -0.493 e. The topological polar surface area (TPSA) is 47.6 Å². The van der Waals surface area contributed by atoms with Gasteiger partial charge >= 0.3 is 6.09 Å². The SMILES string of the molecule is C=C(F)/C=C(/OCC1(CNC(=O)OC(C)(C)C)CCC1)C(=C)C. The minimum atomic E-state index is -0.572. The van der Waals surface area contributed by atoms with Crippen LogP contribution in [0, 0.1) is 5.41 Å². The number of allylic oxidation sites excluding steroid dienone is 3. The van der Waals surface area contributed by atoms with Crippen LogP contribution >= 0.6 is 0 Å². The zero-order valence-electron chi connectivity index (χ0n) is 14.6. The fraction of sp³-hybridized carbons (Fsp3) is 0.611. The van der Waals surface area contributed by atoms with E-state index in [2.05, 4.69) is 18.5 Å². The first-order chi connectivity index (χ1) is 10.5. The van der Waals surface area contributed by atoms with Gasteiger partial charge in [-0.15, -0.1) is 0 Å². The van der Waals surface area contributed by atoms with Gasteiger partial charge in [0.2, 0.25) is 0 Å². The molecule has 1 saturated carbocycles. The van der Waals surface area contributed by atoms with Gasteiger partial charge in [-0.05, 0) is 46.1 Å². The third-order valence-electron chi connectivity index (χ3n) is 3.66. The van der Waals surface area contributed by atoms with Gasteiger partial charge in [-0.1, -0.05) is 19.6 Å². The lowest BCUT2D eigenvalue weighted by Gasteiger charge is -2.41. The van der Waals surface area contributed by atoms with Crippen molar-refractivity contribution in [2.45, 2.75) is 52.6 Å². The monoisotopic (exact) mass is 325 g/mol. The Morgan fingerprint density at radius 3 is 2.35 bits per heavy atom. The molecule has 130 valence electrons. The van der Waals surface area contributed by atoms with Gasteiger partial charge in [0.1, 0.15) is 17.2 Å². The van der Waals surface area contributed by atoms with Crippen LogP contribution in [-0.4, -0.2) is 24.8 Å². The van der Waals surface area contributed by atoms with E-state index in [0.29, 0.717) is 24.5 Å². The van der Waals surface area contributed by atoms with Crippen LogP contribution < -0.4 is 5.32 Å². The number of nitrogens with one attached hydrogen (secondary N) is 1. The molecule has 0 aromatic rings. The van der Waals surface area contributed by atoms with Gasteiger partial charge in [-0.25, -0.2) is 9.18 Å². The molecular formula is C18H28FNO3. The van der Waals surface area contributed by atoms with E-state index >= 15 is 0 Å². The average Bonchev–Trinajstić information content (AvgIpc) is 2.32. The van der Waals surface area contributed by atoms with Crippen LogP contribution in [0.4, 0.5) is 9.18 Å². The van der Waals surface area contributed by atoms with E-state index in [0.717, 1.165) is 19.3 Å². The molecule has 1 aliphatic carbocycles. The molecular weight excluding hydrogens is 297 g/mol. The summed E-state index contributed by atoms with van der Waals surface area (Å²) in [6.07, 6.45) is 3.78. The number of ether oxygens (including phenoxy) is 2. The van der Waals surface area contributed by atoms with E-state index in [1.54, 1.807) is 6.92 Å². The van der Waals surface area contributed by atoms with Crippen molar-refractivity contribution in [3.05, 3.63) is 36.4 Å². The highest BCUT2D eigenvalue weighted by Crippen LogP contribution is 2.41. The lowest BCUT2D eigenvalue weighted by atomic mass is 9.69. The second kappa shape index (κ2) is 7.66. The summed E-state index contributed by atoms with van der Waals surface area (Å²) in [6.45, 7) is 15.1. The summed E-state index contributed by atoms with van der Waals surface area (Å²) >= 11 is 0. The van der Waals surface area contributed by atoms with E-state index in [1.165, 1.54) is 6.08 Å². The number of hydrogen-bond acceptors (Lipinski definition) is 3. The fourth-order valence-corrected chi connectivity index (χ4v) is 2.28. The summed E-state index contributed by atoms with van der Waals surface area (Å²) in [7, 11) is 0. The molecule has 0 saturated heterocycles. The highest BCUT2D eigenvalue weighted by molar-refractivity contribution is 5.67. The maximum Gasteiger partial charge on any atom is 0.407 e. The van der Waals surface area contributed by atoms with Crippen molar-refractivity contribution in [1.29, 1.82) is 0 Å². The van der Waals surface area contributed by atoms with Crippen molar-refractivity contribution in [2.24, 2.45) is 5.41 Å². The van der Waals surface area contributed by atoms with Crippen LogP contribution in [0.25, 0.3) is 0 Å². The Morgan fingerprint density at radius 1 is 1.35 bits per heavy atom. The first-order valence-corrected chi connectivity index (χ1v) is 7.85. The van der Waals surface area contributed by atoms with E-state index < -0.39 is 17.5 Å². The summed E-state index contributed by atoms with van der Waals surface area (Å²) in [4.78, 5) is 11.8. The number of carbonyl (C=O) groups is 1. The number of carbonyl (C=O) groups excluding carboxylic acids is 1. The normalized spacial score (nSPS) is 17.0. The predicted octanol–water partition coefficient (Wildman–Crippen LogP) is 4.64. The zero-order valence-corrected chi connectivity index (χ0v) is 14.6. The molecule has 23 heavy (non-hydrogen) atoms. The van der Waals surface area contributed by atoms with E-state index in [9.17, 15) is 9.18 Å². The third kappa shape index (κ3) is 6.89. The van der Waals surface area contributed by atoms with Crippen LogP contribution in [0.2, 0.25) is 0 Å². The molecule has 4 nitrogen and oxygen atoms in total. The van der Waals surface area contributed by atoms with Gasteiger partial charge in [-0.3, -0.25) is 0 Å². The molecule has 5 heteroatoms. The van der Waals surface area contributed by atoms with Crippen molar-refractivity contribution in [3.63, 3.8) is 0 Å². The average molecular weight is 325 g/mol. The number of amides is 1. The van der Waals surface area contributed by atoms with Gasteiger partial charge in [-0.2, -0.15) is 0 Å². The summed E-state index contributed by atoms with van der Waals surface area (Å²) in [6, 6.07) is 0. The minimum absolute atomic E-state index is 0.136. The molecule has 0 atom stereocenters. The van der Waals surface area contributed by atoms with Crippen molar-refractivity contribution < 1.29 is 18.7 Å². The number of alkyl carbamates (subject to hydrolysis) is 1. The van der Waals surface area contributed by atoms with Gasteiger partial charge in [0.25, 0.3) is 0 Å². The second-order valence-corrected chi connectivity index (χ2v) is 7.23. The lowest BCUT2D eigenvalue weighted by molar-refractivity contribution is 0.0168. The second-order valence-electron chi connectivity index (χ2n) is 7.23. The Morgan fingerprint density at radius 2 is 1.96 bits per heavy atom. The highest BCUT2D eigenvalue weighted by Gasteiger charge is 2.38. The van der Waals surface area contributed by atoms with Crippen LogP contribution in [0.1, 0.15) is 47.0 Å². The number of rotatable bonds is 7. The van der Waals surface area contributed by atoms with Crippen LogP contribution in [-0.2, 0) is 9.47 Å². The Hall–Kier alpha value is -1.78. The Labute approximate surface area is 138 Å². The first kappa shape index (κ1) is 19.3. The van der Waals surface area contributed by atoms with Gasteiger partial charge < -0.3 is 14.8 Å². The largest absolute Gasteiger partial charge is 0.493 e. The molecule has 0 aromatic carbocycles. The molecule has 1 aliphatic rings. The van der Waals surface area contributed by atoms with Crippen molar-refractivity contribution in [1.82, 2.24) is 5.32 Å². The lowest BCUT2D eigenvalue weighted by Crippen LogP contribution is -2.46. The summed E-state index contributed by atoms with van der Waals surface area (Å²) in [5.41, 5.74) is -0.0215. The first-order valence-electron chi connectivity index (χ1n) is 7.85. The zero-order chi connectivity index (χ0) is 17.7. The van der Waals surface area contributed by atoms with E-state index in [-0.39, 0.29) is 5.41 Å². The molecule has 1 fully saturated rings. The maximum absolute atomic E-state index is 13.0. The Balaban J connectivity index is 2.56. The third-order valence-corrected chi connectivity index (χ3v) is 3.66. The van der Waals surface area contributed by atoms with E-state index in [4.69, 9.17) is 9.47 Å². The number of hydrogen-bond donors (Lipinski definition) is 1. The Bertz CT molecular complexity index is 499. The van der Waals surface area contributed by atoms with E-state index in [1.807, 2.05) is 20.8 Å².